The van der Waals surface area contributed by atoms with Gasteiger partial charge in [0.2, 0.25) is 5.91 Å². The van der Waals surface area contributed by atoms with Crippen LogP contribution in [0.25, 0.3) is 10.2 Å². The SMILES string of the molecule is O=C(N1CC[NH+](Cc2nc3ccccc3s2)CC1)C1(c2ccccc2)CCCC1. The van der Waals surface area contributed by atoms with E-state index in [2.05, 4.69) is 53.4 Å². The maximum atomic E-state index is 13.6. The summed E-state index contributed by atoms with van der Waals surface area (Å²) in [4.78, 5) is 22.1. The minimum atomic E-state index is -0.286. The van der Waals surface area contributed by atoms with Crippen molar-refractivity contribution in [3.63, 3.8) is 0 Å². The van der Waals surface area contributed by atoms with E-state index in [-0.39, 0.29) is 5.41 Å². The number of amides is 1. The monoisotopic (exact) mass is 406 g/mol. The summed E-state index contributed by atoms with van der Waals surface area (Å²) in [7, 11) is 0. The summed E-state index contributed by atoms with van der Waals surface area (Å²) >= 11 is 1.80. The van der Waals surface area contributed by atoms with E-state index < -0.39 is 0 Å². The molecule has 2 heterocycles. The van der Waals surface area contributed by atoms with E-state index in [0.29, 0.717) is 5.91 Å². The summed E-state index contributed by atoms with van der Waals surface area (Å²) in [6.07, 6.45) is 4.30. The maximum Gasteiger partial charge on any atom is 0.233 e. The summed E-state index contributed by atoms with van der Waals surface area (Å²) < 4.78 is 1.27. The minimum absolute atomic E-state index is 0.286. The summed E-state index contributed by atoms with van der Waals surface area (Å²) in [6.45, 7) is 4.69. The molecule has 1 saturated carbocycles. The number of nitrogens with zero attached hydrogens (tertiary/aromatic N) is 2. The Labute approximate surface area is 176 Å². The summed E-state index contributed by atoms with van der Waals surface area (Å²) in [5.74, 6) is 0.361. The number of fused-ring (bicyclic) bond motifs is 1. The van der Waals surface area contributed by atoms with E-state index in [9.17, 15) is 4.79 Å². The van der Waals surface area contributed by atoms with Gasteiger partial charge in [-0.1, -0.05) is 55.3 Å². The summed E-state index contributed by atoms with van der Waals surface area (Å²) in [5.41, 5.74) is 2.03. The fourth-order valence-electron chi connectivity index (χ4n) is 5.08. The van der Waals surface area contributed by atoms with Crippen LogP contribution in [0.5, 0.6) is 0 Å². The molecule has 4 nitrogen and oxygen atoms in total. The highest BCUT2D eigenvalue weighted by Crippen LogP contribution is 2.42. The van der Waals surface area contributed by atoms with Crippen molar-refractivity contribution >= 4 is 27.5 Å². The van der Waals surface area contributed by atoms with Crippen LogP contribution in [-0.2, 0) is 16.8 Å². The van der Waals surface area contributed by atoms with Gasteiger partial charge in [0, 0.05) is 0 Å². The molecule has 5 heteroatoms. The standard InChI is InChI=1S/C24H27N3OS/c28-23(24(12-6-7-13-24)19-8-2-1-3-9-19)27-16-14-26(15-17-27)18-22-25-20-10-4-5-11-21(20)29-22/h1-5,8-11H,6-7,12-18H2/p+1. The van der Waals surface area contributed by atoms with Gasteiger partial charge in [0.25, 0.3) is 0 Å². The van der Waals surface area contributed by atoms with Crippen molar-refractivity contribution in [2.75, 3.05) is 26.2 Å². The molecule has 0 spiro atoms. The number of piperazine rings is 1. The molecule has 0 bridgehead atoms. The number of rotatable bonds is 4. The predicted molar refractivity (Wildman–Crippen MR) is 117 cm³/mol. The highest BCUT2D eigenvalue weighted by Gasteiger charge is 2.45. The van der Waals surface area contributed by atoms with Crippen LogP contribution in [0.2, 0.25) is 0 Å². The second-order valence-corrected chi connectivity index (χ2v) is 9.56. The lowest BCUT2D eigenvalue weighted by Crippen LogP contribution is -3.13. The first-order valence-electron chi connectivity index (χ1n) is 10.8. The largest absolute Gasteiger partial charge is 0.331 e. The number of aromatic nitrogens is 1. The predicted octanol–water partition coefficient (Wildman–Crippen LogP) is 3.04. The number of carbonyl (C=O) groups is 1. The molecule has 3 aromatic rings. The number of carbonyl (C=O) groups excluding carboxylic acids is 1. The van der Waals surface area contributed by atoms with Crippen molar-refractivity contribution in [2.45, 2.75) is 37.6 Å². The summed E-state index contributed by atoms with van der Waals surface area (Å²) in [6, 6.07) is 18.9. The molecule has 2 fully saturated rings. The fourth-order valence-corrected chi connectivity index (χ4v) is 6.12. The average molecular weight is 407 g/mol. The molecule has 1 N–H and O–H groups in total. The molecule has 1 aliphatic carbocycles. The number of quaternary nitrogens is 1. The molecule has 1 aromatic heterocycles. The number of hydrogen-bond donors (Lipinski definition) is 1. The number of thiazole rings is 1. The van der Waals surface area contributed by atoms with Crippen LogP contribution in [0.4, 0.5) is 0 Å². The lowest BCUT2D eigenvalue weighted by atomic mass is 9.77. The lowest BCUT2D eigenvalue weighted by molar-refractivity contribution is -0.917. The van der Waals surface area contributed by atoms with Gasteiger partial charge >= 0.3 is 0 Å². The number of hydrogen-bond acceptors (Lipinski definition) is 3. The van der Waals surface area contributed by atoms with Gasteiger partial charge in [-0.2, -0.15) is 0 Å². The van der Waals surface area contributed by atoms with Gasteiger partial charge in [0.15, 0.2) is 0 Å². The third kappa shape index (κ3) is 3.58. The Morgan fingerprint density at radius 1 is 1.00 bits per heavy atom. The molecule has 0 atom stereocenters. The van der Waals surface area contributed by atoms with E-state index in [1.807, 2.05) is 6.07 Å². The molecule has 0 radical (unpaired) electrons. The molecule has 1 saturated heterocycles. The second kappa shape index (κ2) is 7.88. The first-order valence-corrected chi connectivity index (χ1v) is 11.6. The Balaban J connectivity index is 1.25. The van der Waals surface area contributed by atoms with Gasteiger partial charge < -0.3 is 9.80 Å². The number of nitrogens with one attached hydrogen (secondary N) is 1. The molecule has 2 aliphatic rings. The first-order chi connectivity index (χ1) is 14.2. The highest BCUT2D eigenvalue weighted by molar-refractivity contribution is 7.18. The van der Waals surface area contributed by atoms with Crippen molar-refractivity contribution in [3.05, 3.63) is 65.2 Å². The minimum Gasteiger partial charge on any atom is -0.331 e. The summed E-state index contributed by atoms with van der Waals surface area (Å²) in [5, 5.41) is 1.21. The van der Waals surface area contributed by atoms with Crippen LogP contribution in [-0.4, -0.2) is 42.0 Å². The van der Waals surface area contributed by atoms with Crippen molar-refractivity contribution in [3.8, 4) is 0 Å². The van der Waals surface area contributed by atoms with E-state index in [0.717, 1.165) is 63.9 Å². The zero-order valence-corrected chi connectivity index (χ0v) is 17.6. The normalized spacial score (nSPS) is 19.7. The molecular formula is C24H28N3OS+. The van der Waals surface area contributed by atoms with Gasteiger partial charge in [-0.3, -0.25) is 4.79 Å². The average Bonchev–Trinajstić information content (AvgIpc) is 3.42. The third-order valence-electron chi connectivity index (χ3n) is 6.69. The molecule has 29 heavy (non-hydrogen) atoms. The van der Waals surface area contributed by atoms with Crippen LogP contribution in [0, 0.1) is 0 Å². The van der Waals surface area contributed by atoms with E-state index in [1.54, 1.807) is 11.3 Å². The number of para-hydroxylation sites is 1. The Hall–Kier alpha value is -2.24. The molecule has 5 rings (SSSR count). The first kappa shape index (κ1) is 18.8. The topological polar surface area (TPSA) is 37.6 Å². The smallest absolute Gasteiger partial charge is 0.233 e. The van der Waals surface area contributed by atoms with Gasteiger partial charge in [-0.25, -0.2) is 4.98 Å². The van der Waals surface area contributed by atoms with Crippen molar-refractivity contribution < 1.29 is 9.69 Å². The molecule has 0 unspecified atom stereocenters. The molecule has 2 aromatic carbocycles. The Morgan fingerprint density at radius 3 is 2.41 bits per heavy atom. The molecular weight excluding hydrogens is 378 g/mol. The van der Waals surface area contributed by atoms with Crippen LogP contribution < -0.4 is 4.90 Å². The highest BCUT2D eigenvalue weighted by atomic mass is 32.1. The van der Waals surface area contributed by atoms with Crippen LogP contribution in [0.15, 0.2) is 54.6 Å². The van der Waals surface area contributed by atoms with E-state index in [1.165, 1.54) is 20.2 Å². The van der Waals surface area contributed by atoms with Gasteiger partial charge in [-0.15, -0.1) is 11.3 Å². The number of benzene rings is 2. The molecule has 1 aliphatic heterocycles. The van der Waals surface area contributed by atoms with Crippen molar-refractivity contribution in [2.24, 2.45) is 0 Å². The van der Waals surface area contributed by atoms with Crippen molar-refractivity contribution in [1.29, 1.82) is 0 Å². The third-order valence-corrected chi connectivity index (χ3v) is 7.73. The van der Waals surface area contributed by atoms with E-state index in [4.69, 9.17) is 4.98 Å². The van der Waals surface area contributed by atoms with Gasteiger partial charge in [-0.05, 0) is 30.5 Å². The molecule has 1 amide bonds. The van der Waals surface area contributed by atoms with Gasteiger partial charge in [0.1, 0.15) is 11.6 Å². The van der Waals surface area contributed by atoms with E-state index >= 15 is 0 Å². The van der Waals surface area contributed by atoms with Crippen LogP contribution in [0.1, 0.15) is 36.3 Å². The Bertz CT molecular complexity index is 953. The quantitative estimate of drug-likeness (QED) is 0.723. The molecule has 150 valence electrons. The Kier molecular flexibility index (Phi) is 5.10. The maximum absolute atomic E-state index is 13.6. The van der Waals surface area contributed by atoms with Crippen molar-refractivity contribution in [1.82, 2.24) is 9.88 Å². The van der Waals surface area contributed by atoms with Crippen LogP contribution in [0.3, 0.4) is 0 Å². The Morgan fingerprint density at radius 2 is 1.69 bits per heavy atom. The van der Waals surface area contributed by atoms with Crippen LogP contribution >= 0.6 is 11.3 Å². The zero-order valence-electron chi connectivity index (χ0n) is 16.8. The van der Waals surface area contributed by atoms with Gasteiger partial charge in [0.05, 0.1) is 41.8 Å². The second-order valence-electron chi connectivity index (χ2n) is 8.45. The fraction of sp³-hybridized carbons (Fsp3) is 0.417. The lowest BCUT2D eigenvalue weighted by Gasteiger charge is -2.38. The zero-order chi connectivity index (χ0) is 19.7.